The molecule has 1 aromatic heterocycles. The molecule has 1 aromatic carbocycles. The van der Waals surface area contributed by atoms with E-state index in [0.717, 1.165) is 24.5 Å². The van der Waals surface area contributed by atoms with E-state index in [1.165, 1.54) is 17.5 Å². The van der Waals surface area contributed by atoms with Crippen molar-refractivity contribution in [1.29, 1.82) is 0 Å². The van der Waals surface area contributed by atoms with Gasteiger partial charge in [0.1, 0.15) is 12.0 Å². The number of furan rings is 1. The highest BCUT2D eigenvalue weighted by atomic mass is 35.5. The minimum absolute atomic E-state index is 0. The lowest BCUT2D eigenvalue weighted by molar-refractivity contribution is 0.0947. The van der Waals surface area contributed by atoms with E-state index in [-0.39, 0.29) is 30.7 Å². The van der Waals surface area contributed by atoms with Gasteiger partial charge in [-0.25, -0.2) is 0 Å². The molecule has 1 fully saturated rings. The van der Waals surface area contributed by atoms with E-state index in [1.54, 1.807) is 6.07 Å². The van der Waals surface area contributed by atoms with Crippen molar-refractivity contribution in [2.45, 2.75) is 19.9 Å². The minimum Gasteiger partial charge on any atom is -0.467 e. The summed E-state index contributed by atoms with van der Waals surface area (Å²) >= 11 is 6.11. The smallest absolute Gasteiger partial charge is 0.254 e. The molecule has 1 atom stereocenters. The van der Waals surface area contributed by atoms with Gasteiger partial charge in [-0.05, 0) is 43.0 Å². The summed E-state index contributed by atoms with van der Waals surface area (Å²) in [5.74, 6) is 0.924. The molecule has 2 heterocycles. The summed E-state index contributed by atoms with van der Waals surface area (Å²) in [4.78, 5) is 14.5. The van der Waals surface area contributed by atoms with Crippen molar-refractivity contribution in [1.82, 2.24) is 5.32 Å². The van der Waals surface area contributed by atoms with Crippen molar-refractivity contribution in [2.75, 3.05) is 24.5 Å². The zero-order chi connectivity index (χ0) is 17.1. The molecular weight excluding hydrogens is 397 g/mol. The molecule has 8 heteroatoms. The minimum atomic E-state index is -0.115. The Labute approximate surface area is 171 Å². The first-order valence-corrected chi connectivity index (χ1v) is 8.51. The number of hydrogen-bond donors (Lipinski definition) is 2. The number of amides is 1. The molecule has 1 amide bonds. The average molecular weight is 421 g/mol. The van der Waals surface area contributed by atoms with E-state index in [2.05, 4.69) is 17.1 Å². The molecule has 0 spiro atoms. The first-order valence-electron chi connectivity index (χ1n) is 8.13. The number of hydrogen-bond acceptors (Lipinski definition) is 4. The summed E-state index contributed by atoms with van der Waals surface area (Å²) in [6.45, 7) is 4.93. The van der Waals surface area contributed by atoms with E-state index >= 15 is 0 Å². The molecule has 0 aliphatic carbocycles. The Hall–Kier alpha value is -1.40. The van der Waals surface area contributed by atoms with Gasteiger partial charge in [0.05, 0.1) is 12.1 Å². The van der Waals surface area contributed by atoms with Crippen LogP contribution in [-0.4, -0.2) is 25.5 Å². The second kappa shape index (κ2) is 10.1. The highest BCUT2D eigenvalue weighted by Gasteiger charge is 2.24. The number of halogens is 3. The monoisotopic (exact) mass is 419 g/mol. The molecule has 5 nitrogen and oxygen atoms in total. The molecule has 0 saturated carbocycles. The second-order valence-corrected chi connectivity index (χ2v) is 6.68. The first-order chi connectivity index (χ1) is 11.6. The lowest BCUT2D eigenvalue weighted by atomic mass is 10.1. The lowest BCUT2D eigenvalue weighted by Crippen LogP contribution is -2.30. The number of anilines is 1. The van der Waals surface area contributed by atoms with Crippen LogP contribution >= 0.6 is 36.4 Å². The van der Waals surface area contributed by atoms with Crippen molar-refractivity contribution in [3.63, 3.8) is 0 Å². The Morgan fingerprint density at radius 3 is 2.85 bits per heavy atom. The number of carbonyl (C=O) groups excluding carboxylic acids is 1. The van der Waals surface area contributed by atoms with E-state index in [0.29, 0.717) is 30.3 Å². The van der Waals surface area contributed by atoms with Crippen LogP contribution in [0.5, 0.6) is 0 Å². The van der Waals surface area contributed by atoms with Crippen molar-refractivity contribution >= 4 is 48.0 Å². The topological polar surface area (TPSA) is 71.5 Å². The van der Waals surface area contributed by atoms with Gasteiger partial charge in [0.2, 0.25) is 0 Å². The number of aryl methyl sites for hydroxylation is 1. The molecule has 3 rings (SSSR count). The van der Waals surface area contributed by atoms with Gasteiger partial charge in [0, 0.05) is 30.3 Å². The lowest BCUT2D eigenvalue weighted by Gasteiger charge is -2.21. The SMILES string of the molecule is Cc1ccc(Cl)cc1N1CCC(CNC(=O)c2coc(CN)c2)C1.Cl.Cl. The van der Waals surface area contributed by atoms with E-state index < -0.39 is 0 Å². The molecule has 1 unspecified atom stereocenters. The molecule has 1 saturated heterocycles. The van der Waals surface area contributed by atoms with Crippen molar-refractivity contribution in [3.05, 3.63) is 52.4 Å². The molecule has 144 valence electrons. The van der Waals surface area contributed by atoms with Gasteiger partial charge >= 0.3 is 0 Å². The highest BCUT2D eigenvalue weighted by molar-refractivity contribution is 6.30. The summed E-state index contributed by atoms with van der Waals surface area (Å²) in [5, 5.41) is 3.74. The molecule has 1 aliphatic rings. The number of carbonyl (C=O) groups is 1. The first kappa shape index (κ1) is 22.6. The van der Waals surface area contributed by atoms with Crippen LogP contribution < -0.4 is 16.0 Å². The van der Waals surface area contributed by atoms with Gasteiger partial charge in [-0.1, -0.05) is 17.7 Å². The van der Waals surface area contributed by atoms with Gasteiger partial charge in [0.25, 0.3) is 5.91 Å². The normalized spacial score (nSPS) is 16.0. The summed E-state index contributed by atoms with van der Waals surface area (Å²) in [5.41, 5.74) is 8.41. The predicted molar refractivity (Wildman–Crippen MR) is 110 cm³/mol. The average Bonchev–Trinajstić information content (AvgIpc) is 3.24. The van der Waals surface area contributed by atoms with Crippen LogP contribution in [0.4, 0.5) is 5.69 Å². The van der Waals surface area contributed by atoms with Gasteiger partial charge in [-0.3, -0.25) is 4.79 Å². The van der Waals surface area contributed by atoms with Crippen LogP contribution in [0.15, 0.2) is 34.9 Å². The predicted octanol–water partition coefficient (Wildman–Crippen LogP) is 3.80. The van der Waals surface area contributed by atoms with Crippen LogP contribution in [-0.2, 0) is 6.54 Å². The quantitative estimate of drug-likeness (QED) is 0.772. The Morgan fingerprint density at radius 2 is 2.15 bits per heavy atom. The Morgan fingerprint density at radius 1 is 1.38 bits per heavy atom. The zero-order valence-electron chi connectivity index (χ0n) is 14.5. The van der Waals surface area contributed by atoms with Crippen molar-refractivity contribution < 1.29 is 9.21 Å². The van der Waals surface area contributed by atoms with E-state index in [9.17, 15) is 4.79 Å². The van der Waals surface area contributed by atoms with Crippen LogP contribution in [0.25, 0.3) is 0 Å². The fraction of sp³-hybridized carbons (Fsp3) is 0.389. The molecule has 26 heavy (non-hydrogen) atoms. The van der Waals surface area contributed by atoms with Gasteiger partial charge < -0.3 is 20.4 Å². The zero-order valence-corrected chi connectivity index (χ0v) is 16.9. The maximum absolute atomic E-state index is 12.1. The van der Waals surface area contributed by atoms with E-state index in [1.807, 2.05) is 18.2 Å². The van der Waals surface area contributed by atoms with Gasteiger partial charge in [-0.2, -0.15) is 0 Å². The molecule has 3 N–H and O–H groups in total. The van der Waals surface area contributed by atoms with Crippen molar-refractivity contribution in [2.24, 2.45) is 11.7 Å². The number of nitrogens with zero attached hydrogens (tertiary/aromatic N) is 1. The maximum atomic E-state index is 12.1. The molecular formula is C18H24Cl3N3O2. The van der Waals surface area contributed by atoms with Crippen LogP contribution in [0.3, 0.4) is 0 Å². The third-order valence-electron chi connectivity index (χ3n) is 4.47. The maximum Gasteiger partial charge on any atom is 0.254 e. The number of nitrogens with one attached hydrogen (secondary N) is 1. The van der Waals surface area contributed by atoms with Crippen molar-refractivity contribution in [3.8, 4) is 0 Å². The summed E-state index contributed by atoms with van der Waals surface area (Å²) in [7, 11) is 0. The summed E-state index contributed by atoms with van der Waals surface area (Å²) < 4.78 is 5.20. The highest BCUT2D eigenvalue weighted by Crippen LogP contribution is 2.29. The largest absolute Gasteiger partial charge is 0.467 e. The third-order valence-corrected chi connectivity index (χ3v) is 4.70. The van der Waals surface area contributed by atoms with Gasteiger partial charge in [0.15, 0.2) is 0 Å². The molecule has 2 aromatic rings. The summed E-state index contributed by atoms with van der Waals surface area (Å²) in [6, 6.07) is 7.65. The molecule has 0 bridgehead atoms. The van der Waals surface area contributed by atoms with Crippen LogP contribution in [0.1, 0.15) is 28.1 Å². The van der Waals surface area contributed by atoms with Crippen LogP contribution in [0, 0.1) is 12.8 Å². The third kappa shape index (κ3) is 5.30. The molecule has 1 aliphatic heterocycles. The Kier molecular flexibility index (Phi) is 8.77. The summed E-state index contributed by atoms with van der Waals surface area (Å²) in [6.07, 6.45) is 2.50. The number of benzene rings is 1. The van der Waals surface area contributed by atoms with Crippen LogP contribution in [0.2, 0.25) is 5.02 Å². The standard InChI is InChI=1S/C18H22ClN3O2.2ClH/c1-12-2-3-15(19)7-17(12)22-5-4-13(10-22)9-21-18(23)14-6-16(8-20)24-11-14;;/h2-3,6-7,11,13H,4-5,8-10,20H2,1H3,(H,21,23);2*1H. The fourth-order valence-corrected chi connectivity index (χ4v) is 3.25. The Balaban J connectivity index is 0.00000169. The van der Waals surface area contributed by atoms with Gasteiger partial charge in [-0.15, -0.1) is 24.8 Å². The molecule has 0 radical (unpaired) electrons. The van der Waals surface area contributed by atoms with E-state index in [4.69, 9.17) is 21.8 Å². The number of rotatable bonds is 5. The Bertz CT molecular complexity index is 736. The fourth-order valence-electron chi connectivity index (χ4n) is 3.09. The number of nitrogens with two attached hydrogens (primary N) is 1. The second-order valence-electron chi connectivity index (χ2n) is 6.25.